The van der Waals surface area contributed by atoms with Gasteiger partial charge in [-0.3, -0.25) is 14.5 Å². The molecule has 2 amide bonds. The topological polar surface area (TPSA) is 72.9 Å². The monoisotopic (exact) mass is 339 g/mol. The van der Waals surface area contributed by atoms with Crippen LogP contribution in [0, 0.1) is 0 Å². The molecular formula is C16H22ClN3O3. The van der Waals surface area contributed by atoms with Crippen molar-refractivity contribution in [1.82, 2.24) is 9.80 Å². The van der Waals surface area contributed by atoms with Crippen molar-refractivity contribution < 1.29 is 14.7 Å². The molecule has 1 aliphatic heterocycles. The van der Waals surface area contributed by atoms with Gasteiger partial charge in [-0.25, -0.2) is 0 Å². The number of nitrogens with one attached hydrogen (secondary N) is 1. The van der Waals surface area contributed by atoms with Gasteiger partial charge < -0.3 is 15.3 Å². The van der Waals surface area contributed by atoms with Crippen LogP contribution < -0.4 is 5.32 Å². The molecule has 23 heavy (non-hydrogen) atoms. The van der Waals surface area contributed by atoms with Gasteiger partial charge in [0.15, 0.2) is 0 Å². The van der Waals surface area contributed by atoms with Crippen LogP contribution in [0.4, 0.5) is 5.69 Å². The molecule has 126 valence electrons. The molecule has 1 saturated heterocycles. The van der Waals surface area contributed by atoms with Crippen LogP contribution in [0.25, 0.3) is 0 Å². The number of aliphatic hydroxyl groups excluding tert-OH is 1. The lowest BCUT2D eigenvalue weighted by Gasteiger charge is -2.39. The lowest BCUT2D eigenvalue weighted by molar-refractivity contribution is -0.114. The quantitative estimate of drug-likeness (QED) is 0.870. The van der Waals surface area contributed by atoms with Gasteiger partial charge >= 0.3 is 0 Å². The minimum Gasteiger partial charge on any atom is -0.396 e. The van der Waals surface area contributed by atoms with Crippen LogP contribution in [0.1, 0.15) is 23.7 Å². The number of likely N-dealkylation sites (N-methyl/N-ethyl adjacent to an activating group) is 1. The number of rotatable bonds is 4. The Bertz CT molecular complexity index is 594. The van der Waals surface area contributed by atoms with Gasteiger partial charge in [0.25, 0.3) is 5.91 Å². The predicted octanol–water partition coefficient (Wildman–Crippen LogP) is 1.44. The van der Waals surface area contributed by atoms with E-state index in [0.29, 0.717) is 35.8 Å². The Labute approximate surface area is 141 Å². The molecule has 7 heteroatoms. The number of piperazine rings is 1. The van der Waals surface area contributed by atoms with Crippen molar-refractivity contribution in [3.05, 3.63) is 28.8 Å². The molecule has 0 spiro atoms. The highest BCUT2D eigenvalue weighted by atomic mass is 35.5. The maximum Gasteiger partial charge on any atom is 0.255 e. The van der Waals surface area contributed by atoms with E-state index in [-0.39, 0.29) is 24.5 Å². The number of carbonyl (C=O) groups is 2. The molecule has 0 radical (unpaired) electrons. The fourth-order valence-electron chi connectivity index (χ4n) is 2.73. The van der Waals surface area contributed by atoms with E-state index in [4.69, 9.17) is 16.7 Å². The Balaban J connectivity index is 2.17. The molecule has 0 bridgehead atoms. The third kappa shape index (κ3) is 4.43. The van der Waals surface area contributed by atoms with Crippen LogP contribution in [0.2, 0.25) is 5.02 Å². The normalized spacial score (nSPS) is 18.8. The number of benzene rings is 1. The molecule has 1 aliphatic rings. The predicted molar refractivity (Wildman–Crippen MR) is 89.8 cm³/mol. The molecule has 2 rings (SSSR count). The summed E-state index contributed by atoms with van der Waals surface area (Å²) >= 11 is 6.16. The first kappa shape index (κ1) is 17.7. The van der Waals surface area contributed by atoms with E-state index in [2.05, 4.69) is 10.2 Å². The minimum atomic E-state index is -0.201. The van der Waals surface area contributed by atoms with Gasteiger partial charge in [0.2, 0.25) is 5.91 Å². The number of carbonyl (C=O) groups excluding carboxylic acids is 2. The van der Waals surface area contributed by atoms with Gasteiger partial charge in [-0.15, -0.1) is 0 Å². The van der Waals surface area contributed by atoms with Crippen LogP contribution in [-0.4, -0.2) is 66.1 Å². The highest BCUT2D eigenvalue weighted by Crippen LogP contribution is 2.23. The average molecular weight is 340 g/mol. The lowest BCUT2D eigenvalue weighted by atomic mass is 10.1. The summed E-state index contributed by atoms with van der Waals surface area (Å²) in [6.45, 7) is 3.42. The van der Waals surface area contributed by atoms with Crippen molar-refractivity contribution >= 4 is 29.1 Å². The van der Waals surface area contributed by atoms with Crippen molar-refractivity contribution in [2.24, 2.45) is 0 Å². The Morgan fingerprint density at radius 2 is 2.13 bits per heavy atom. The highest BCUT2D eigenvalue weighted by molar-refractivity contribution is 6.34. The molecule has 1 aromatic carbocycles. The number of aliphatic hydroxyl groups is 1. The first-order valence-electron chi connectivity index (χ1n) is 7.60. The van der Waals surface area contributed by atoms with Crippen LogP contribution in [0.5, 0.6) is 0 Å². The summed E-state index contributed by atoms with van der Waals surface area (Å²) in [4.78, 5) is 27.8. The zero-order chi connectivity index (χ0) is 17.0. The van der Waals surface area contributed by atoms with Gasteiger partial charge in [-0.2, -0.15) is 0 Å². The molecule has 1 unspecified atom stereocenters. The average Bonchev–Trinajstić information content (AvgIpc) is 2.50. The fraction of sp³-hybridized carbons (Fsp3) is 0.500. The first-order valence-corrected chi connectivity index (χ1v) is 7.97. The van der Waals surface area contributed by atoms with E-state index in [9.17, 15) is 9.59 Å². The fourth-order valence-corrected chi connectivity index (χ4v) is 2.93. The second-order valence-corrected chi connectivity index (χ2v) is 6.18. The van der Waals surface area contributed by atoms with Gasteiger partial charge in [0, 0.05) is 44.9 Å². The Morgan fingerprint density at radius 1 is 1.39 bits per heavy atom. The van der Waals surface area contributed by atoms with Gasteiger partial charge in [0.05, 0.1) is 10.6 Å². The summed E-state index contributed by atoms with van der Waals surface area (Å²) in [5.74, 6) is -0.355. The molecule has 0 saturated carbocycles. The second-order valence-electron chi connectivity index (χ2n) is 5.77. The summed E-state index contributed by atoms with van der Waals surface area (Å²) in [6, 6.07) is 5.02. The molecule has 1 atom stereocenters. The van der Waals surface area contributed by atoms with Crippen molar-refractivity contribution in [2.45, 2.75) is 19.4 Å². The SMILES string of the molecule is CC(=O)Nc1ccc(Cl)c(C(=O)N2CCN(C)C(CCO)C2)c1. The third-order valence-corrected chi connectivity index (χ3v) is 4.37. The smallest absolute Gasteiger partial charge is 0.255 e. The van der Waals surface area contributed by atoms with Crippen LogP contribution in [0.3, 0.4) is 0 Å². The van der Waals surface area contributed by atoms with Crippen molar-refractivity contribution in [1.29, 1.82) is 0 Å². The molecule has 1 aromatic rings. The van der Waals surface area contributed by atoms with Gasteiger partial charge in [-0.1, -0.05) is 11.6 Å². The van der Waals surface area contributed by atoms with Crippen LogP contribution >= 0.6 is 11.6 Å². The van der Waals surface area contributed by atoms with Crippen LogP contribution in [-0.2, 0) is 4.79 Å². The molecule has 0 aliphatic carbocycles. The van der Waals surface area contributed by atoms with Crippen molar-refractivity contribution in [2.75, 3.05) is 38.6 Å². The molecule has 1 heterocycles. The summed E-state index contributed by atoms with van der Waals surface area (Å²) in [6.07, 6.45) is 0.625. The lowest BCUT2D eigenvalue weighted by Crippen LogP contribution is -2.53. The van der Waals surface area contributed by atoms with E-state index in [0.717, 1.165) is 6.54 Å². The summed E-state index contributed by atoms with van der Waals surface area (Å²) < 4.78 is 0. The zero-order valence-corrected chi connectivity index (χ0v) is 14.1. The summed E-state index contributed by atoms with van der Waals surface area (Å²) in [5.41, 5.74) is 0.927. The van der Waals surface area contributed by atoms with Crippen molar-refractivity contribution in [3.8, 4) is 0 Å². The summed E-state index contributed by atoms with van der Waals surface area (Å²) in [5, 5.41) is 12.2. The Hall–Kier alpha value is -1.63. The largest absolute Gasteiger partial charge is 0.396 e. The van der Waals surface area contributed by atoms with E-state index in [1.165, 1.54) is 6.92 Å². The molecule has 0 aromatic heterocycles. The standard InChI is InChI=1S/C16H22ClN3O3/c1-11(22)18-12-3-4-15(17)14(9-12)16(23)20-7-6-19(2)13(10-20)5-8-21/h3-4,9,13,21H,5-8,10H2,1-2H3,(H,18,22). The number of nitrogens with zero attached hydrogens (tertiary/aromatic N) is 2. The van der Waals surface area contributed by atoms with E-state index in [1.54, 1.807) is 23.1 Å². The summed E-state index contributed by atoms with van der Waals surface area (Å²) in [7, 11) is 1.99. The molecular weight excluding hydrogens is 318 g/mol. The second kappa shape index (κ2) is 7.77. The van der Waals surface area contributed by atoms with E-state index < -0.39 is 0 Å². The Kier molecular flexibility index (Phi) is 5.98. The number of halogens is 1. The molecule has 1 fully saturated rings. The van der Waals surface area contributed by atoms with E-state index >= 15 is 0 Å². The zero-order valence-electron chi connectivity index (χ0n) is 13.4. The molecule has 6 nitrogen and oxygen atoms in total. The first-order chi connectivity index (χ1) is 10.9. The number of anilines is 1. The van der Waals surface area contributed by atoms with Gasteiger partial charge in [0.1, 0.15) is 0 Å². The van der Waals surface area contributed by atoms with E-state index in [1.807, 2.05) is 7.05 Å². The Morgan fingerprint density at radius 3 is 2.78 bits per heavy atom. The minimum absolute atomic E-state index is 0.0931. The number of hydrogen-bond donors (Lipinski definition) is 2. The van der Waals surface area contributed by atoms with Crippen molar-refractivity contribution in [3.63, 3.8) is 0 Å². The third-order valence-electron chi connectivity index (χ3n) is 4.04. The highest BCUT2D eigenvalue weighted by Gasteiger charge is 2.28. The maximum absolute atomic E-state index is 12.8. The molecule has 2 N–H and O–H groups in total. The number of amides is 2. The maximum atomic E-state index is 12.8. The number of hydrogen-bond acceptors (Lipinski definition) is 4. The van der Waals surface area contributed by atoms with Gasteiger partial charge in [-0.05, 0) is 31.7 Å². The van der Waals surface area contributed by atoms with Crippen LogP contribution in [0.15, 0.2) is 18.2 Å².